The third-order valence-corrected chi connectivity index (χ3v) is 5.60. The number of amides is 2. The molecule has 0 saturated carbocycles. The molecule has 0 spiro atoms. The van der Waals surface area contributed by atoms with Crippen LogP contribution in [0.2, 0.25) is 5.02 Å². The number of ether oxygens (including phenoxy) is 1. The van der Waals surface area contributed by atoms with Crippen LogP contribution in [0.3, 0.4) is 0 Å². The van der Waals surface area contributed by atoms with Crippen molar-refractivity contribution in [3.8, 4) is 5.69 Å². The highest BCUT2D eigenvalue weighted by atomic mass is 35.5. The number of carbonyl (C=O) groups excluding carboxylic acids is 2. The van der Waals surface area contributed by atoms with Crippen LogP contribution in [0.1, 0.15) is 44.9 Å². The molecule has 8 nitrogen and oxygen atoms in total. The zero-order valence-electron chi connectivity index (χ0n) is 21.2. The maximum absolute atomic E-state index is 13.5. The number of nitrogens with zero attached hydrogens (tertiary/aromatic N) is 5. The lowest BCUT2D eigenvalue weighted by atomic mass is 10.0. The van der Waals surface area contributed by atoms with E-state index in [0.717, 1.165) is 15.6 Å². The van der Waals surface area contributed by atoms with Crippen LogP contribution >= 0.6 is 11.6 Å². The van der Waals surface area contributed by atoms with Crippen molar-refractivity contribution < 1.29 is 27.5 Å². The molecule has 1 aromatic carbocycles. The summed E-state index contributed by atoms with van der Waals surface area (Å²) in [5, 5.41) is 3.98. The molecule has 2 aromatic heterocycles. The summed E-state index contributed by atoms with van der Waals surface area (Å²) in [5.74, 6) is -1.04. The van der Waals surface area contributed by atoms with Crippen molar-refractivity contribution in [3.63, 3.8) is 0 Å². The highest BCUT2D eigenvalue weighted by molar-refractivity contribution is 6.30. The van der Waals surface area contributed by atoms with E-state index in [1.165, 1.54) is 37.3 Å². The Morgan fingerprint density at radius 3 is 2.27 bits per heavy atom. The number of aromatic nitrogens is 3. The van der Waals surface area contributed by atoms with Gasteiger partial charge in [-0.25, -0.2) is 14.5 Å². The molecule has 0 fully saturated rings. The first-order chi connectivity index (χ1) is 17.1. The van der Waals surface area contributed by atoms with Gasteiger partial charge in [0.1, 0.15) is 17.2 Å². The number of carbonyl (C=O) groups is 2. The fraction of sp³-hybridized carbons (Fsp3) is 0.360. The SMILES string of the molecule is CC(C(=O)N(C)c1cc(C(F)(F)F)nn1-c1cccc(Cl)c1)c1ccc(N(C)C(=O)OC(C)(C)C)nc1. The van der Waals surface area contributed by atoms with Gasteiger partial charge in [-0.15, -0.1) is 0 Å². The van der Waals surface area contributed by atoms with E-state index < -0.39 is 35.4 Å². The Morgan fingerprint density at radius 1 is 1.05 bits per heavy atom. The molecule has 0 bridgehead atoms. The summed E-state index contributed by atoms with van der Waals surface area (Å²) in [6.07, 6.45) is -3.87. The molecular weight excluding hydrogens is 511 g/mol. The number of pyridine rings is 1. The Hall–Kier alpha value is -3.60. The smallest absolute Gasteiger partial charge is 0.435 e. The minimum atomic E-state index is -4.71. The molecule has 0 saturated heterocycles. The third-order valence-electron chi connectivity index (χ3n) is 5.36. The van der Waals surface area contributed by atoms with Crippen LogP contribution in [-0.4, -0.2) is 46.5 Å². The molecule has 1 atom stereocenters. The lowest BCUT2D eigenvalue weighted by molar-refractivity contribution is -0.141. The number of halogens is 4. The van der Waals surface area contributed by atoms with Crippen molar-refractivity contribution in [3.05, 3.63) is 64.9 Å². The first-order valence-electron chi connectivity index (χ1n) is 11.2. The zero-order chi connectivity index (χ0) is 27.7. The first-order valence-corrected chi connectivity index (χ1v) is 11.6. The molecular formula is C25H27ClF3N5O3. The third kappa shape index (κ3) is 6.59. The van der Waals surface area contributed by atoms with E-state index in [1.54, 1.807) is 52.0 Å². The van der Waals surface area contributed by atoms with Gasteiger partial charge in [-0.3, -0.25) is 14.6 Å². The van der Waals surface area contributed by atoms with E-state index in [2.05, 4.69) is 10.1 Å². The standard InChI is InChI=1S/C25H27ClF3N5O3/c1-15(16-10-11-20(30-14-16)32(5)23(36)37-24(2,3)4)22(35)33(6)21-13-19(25(27,28)29)31-34(21)18-9-7-8-17(26)12-18/h7-15H,1-6H3. The van der Waals surface area contributed by atoms with Gasteiger partial charge in [0.05, 0.1) is 11.6 Å². The monoisotopic (exact) mass is 537 g/mol. The second-order valence-electron chi connectivity index (χ2n) is 9.39. The van der Waals surface area contributed by atoms with Crippen LogP contribution in [0.4, 0.5) is 29.6 Å². The second-order valence-corrected chi connectivity index (χ2v) is 9.82. The molecule has 37 heavy (non-hydrogen) atoms. The number of anilines is 2. The van der Waals surface area contributed by atoms with Gasteiger partial charge in [0.2, 0.25) is 5.91 Å². The van der Waals surface area contributed by atoms with E-state index >= 15 is 0 Å². The predicted octanol–water partition coefficient (Wildman–Crippen LogP) is 6.08. The topological polar surface area (TPSA) is 80.6 Å². The Morgan fingerprint density at radius 2 is 1.73 bits per heavy atom. The molecule has 0 aliphatic carbocycles. The van der Waals surface area contributed by atoms with Crippen LogP contribution in [0.15, 0.2) is 48.7 Å². The molecule has 3 aromatic rings. The van der Waals surface area contributed by atoms with Gasteiger partial charge in [-0.2, -0.15) is 18.3 Å². The quantitative estimate of drug-likeness (QED) is 0.394. The van der Waals surface area contributed by atoms with Crippen molar-refractivity contribution in [2.75, 3.05) is 23.9 Å². The van der Waals surface area contributed by atoms with Gasteiger partial charge in [-0.05, 0) is 57.5 Å². The Kier molecular flexibility index (Phi) is 7.87. The minimum Gasteiger partial charge on any atom is -0.443 e. The van der Waals surface area contributed by atoms with E-state index in [1.807, 2.05) is 0 Å². The van der Waals surface area contributed by atoms with Gasteiger partial charge in [0.15, 0.2) is 5.69 Å². The van der Waals surface area contributed by atoms with Crippen molar-refractivity contribution in [1.82, 2.24) is 14.8 Å². The molecule has 0 aliphatic rings. The maximum atomic E-state index is 13.5. The summed E-state index contributed by atoms with van der Waals surface area (Å²) in [7, 11) is 2.88. The average Bonchev–Trinajstić information content (AvgIpc) is 3.27. The summed E-state index contributed by atoms with van der Waals surface area (Å²) < 4.78 is 46.7. The number of hydrogen-bond acceptors (Lipinski definition) is 5. The molecule has 0 radical (unpaired) electrons. The van der Waals surface area contributed by atoms with Crippen LogP contribution in [0.5, 0.6) is 0 Å². The van der Waals surface area contributed by atoms with Gasteiger partial charge >= 0.3 is 12.3 Å². The van der Waals surface area contributed by atoms with Gasteiger partial charge < -0.3 is 4.74 Å². The number of likely N-dealkylation sites (N-methyl/N-ethyl adjacent to an activating group) is 1. The molecule has 12 heteroatoms. The molecule has 2 heterocycles. The molecule has 2 amide bonds. The summed E-state index contributed by atoms with van der Waals surface area (Å²) >= 11 is 6.02. The van der Waals surface area contributed by atoms with Crippen LogP contribution in [0.25, 0.3) is 5.69 Å². The first kappa shape index (κ1) is 28.0. The number of hydrogen-bond donors (Lipinski definition) is 0. The molecule has 1 unspecified atom stereocenters. The van der Waals surface area contributed by atoms with Crippen molar-refractivity contribution in [2.45, 2.75) is 45.4 Å². The van der Waals surface area contributed by atoms with Crippen LogP contribution < -0.4 is 9.80 Å². The normalized spacial score (nSPS) is 12.7. The van der Waals surface area contributed by atoms with Crippen molar-refractivity contribution in [1.29, 1.82) is 0 Å². The molecule has 0 N–H and O–H groups in total. The van der Waals surface area contributed by atoms with Crippen molar-refractivity contribution >= 4 is 35.2 Å². The van der Waals surface area contributed by atoms with Crippen molar-refractivity contribution in [2.24, 2.45) is 0 Å². The Bertz CT molecular complexity index is 1290. The molecule has 198 valence electrons. The van der Waals surface area contributed by atoms with Gasteiger partial charge in [0.25, 0.3) is 0 Å². The minimum absolute atomic E-state index is 0.0827. The Balaban J connectivity index is 1.87. The molecule has 0 aliphatic heterocycles. The predicted molar refractivity (Wildman–Crippen MR) is 134 cm³/mol. The summed E-state index contributed by atoms with van der Waals surface area (Å²) in [4.78, 5) is 32.2. The fourth-order valence-corrected chi connectivity index (χ4v) is 3.55. The fourth-order valence-electron chi connectivity index (χ4n) is 3.37. The lowest BCUT2D eigenvalue weighted by Crippen LogP contribution is -2.34. The highest BCUT2D eigenvalue weighted by Crippen LogP contribution is 2.33. The van der Waals surface area contributed by atoms with Crippen LogP contribution in [-0.2, 0) is 15.7 Å². The summed E-state index contributed by atoms with van der Waals surface area (Å²) in [6.45, 7) is 6.84. The van der Waals surface area contributed by atoms with E-state index in [4.69, 9.17) is 16.3 Å². The second kappa shape index (κ2) is 10.4. The Labute approximate surface area is 217 Å². The lowest BCUT2D eigenvalue weighted by Gasteiger charge is -2.24. The summed E-state index contributed by atoms with van der Waals surface area (Å²) in [6, 6.07) is 10.1. The zero-order valence-corrected chi connectivity index (χ0v) is 21.9. The van der Waals surface area contributed by atoms with E-state index in [9.17, 15) is 22.8 Å². The van der Waals surface area contributed by atoms with Gasteiger partial charge in [0, 0.05) is 31.4 Å². The molecule has 3 rings (SSSR count). The largest absolute Gasteiger partial charge is 0.443 e. The maximum Gasteiger partial charge on any atom is 0.435 e. The van der Waals surface area contributed by atoms with Crippen LogP contribution in [0, 0.1) is 0 Å². The number of benzene rings is 1. The van der Waals surface area contributed by atoms with E-state index in [0.29, 0.717) is 16.4 Å². The average molecular weight is 538 g/mol. The summed E-state index contributed by atoms with van der Waals surface area (Å²) in [5.41, 5.74) is -1.06. The highest BCUT2D eigenvalue weighted by Gasteiger charge is 2.36. The number of rotatable bonds is 5. The van der Waals surface area contributed by atoms with Gasteiger partial charge in [-0.1, -0.05) is 23.7 Å². The van der Waals surface area contributed by atoms with E-state index in [-0.39, 0.29) is 11.5 Å². The number of alkyl halides is 3.